The zero-order valence-electron chi connectivity index (χ0n) is 11.7. The van der Waals surface area contributed by atoms with Gasteiger partial charge in [0.05, 0.1) is 5.92 Å². The predicted molar refractivity (Wildman–Crippen MR) is 83.4 cm³/mol. The Morgan fingerprint density at radius 3 is 2.77 bits per heavy atom. The number of rotatable bonds is 3. The van der Waals surface area contributed by atoms with Gasteiger partial charge < -0.3 is 5.11 Å². The SMILES string of the molecule is O=C(O)C1CC2CCC1N2S(=O)(=O)c1csc2ccccc12. The van der Waals surface area contributed by atoms with Crippen molar-refractivity contribution in [2.24, 2.45) is 5.92 Å². The highest BCUT2D eigenvalue weighted by molar-refractivity contribution is 7.89. The lowest BCUT2D eigenvalue weighted by molar-refractivity contribution is -0.142. The fourth-order valence-electron chi connectivity index (χ4n) is 3.85. The van der Waals surface area contributed by atoms with Crippen LogP contribution in [0.2, 0.25) is 0 Å². The number of nitrogens with zero attached hydrogens (tertiary/aromatic N) is 1. The molecule has 5 nitrogen and oxygen atoms in total. The van der Waals surface area contributed by atoms with Gasteiger partial charge in [0, 0.05) is 27.5 Å². The molecule has 0 aliphatic carbocycles. The Balaban J connectivity index is 1.80. The van der Waals surface area contributed by atoms with Crippen LogP contribution in [0.1, 0.15) is 19.3 Å². The summed E-state index contributed by atoms with van der Waals surface area (Å²) < 4.78 is 28.6. The normalized spacial score (nSPS) is 28.5. The molecule has 2 bridgehead atoms. The molecule has 2 aliphatic heterocycles. The number of aliphatic carboxylic acids is 1. The molecule has 0 saturated carbocycles. The Labute approximate surface area is 132 Å². The number of fused-ring (bicyclic) bond motifs is 3. The molecule has 2 aromatic rings. The molecule has 2 saturated heterocycles. The summed E-state index contributed by atoms with van der Waals surface area (Å²) in [4.78, 5) is 11.7. The molecule has 116 valence electrons. The van der Waals surface area contributed by atoms with Crippen LogP contribution in [0.15, 0.2) is 34.5 Å². The predicted octanol–water partition coefficient (Wildman–Crippen LogP) is 2.53. The van der Waals surface area contributed by atoms with Crippen LogP contribution in [0.25, 0.3) is 10.1 Å². The van der Waals surface area contributed by atoms with Crippen LogP contribution in [0.3, 0.4) is 0 Å². The first-order valence-electron chi connectivity index (χ1n) is 7.23. The van der Waals surface area contributed by atoms with Crippen molar-refractivity contribution in [3.05, 3.63) is 29.6 Å². The van der Waals surface area contributed by atoms with Gasteiger partial charge in [0.2, 0.25) is 10.0 Å². The van der Waals surface area contributed by atoms with E-state index in [0.29, 0.717) is 17.7 Å². The van der Waals surface area contributed by atoms with Gasteiger partial charge in [-0.05, 0) is 25.3 Å². The molecule has 22 heavy (non-hydrogen) atoms. The van der Waals surface area contributed by atoms with E-state index >= 15 is 0 Å². The summed E-state index contributed by atoms with van der Waals surface area (Å²) in [5.41, 5.74) is 0. The molecular weight excluding hydrogens is 322 g/mol. The van der Waals surface area contributed by atoms with Gasteiger partial charge in [-0.1, -0.05) is 18.2 Å². The Hall–Kier alpha value is -1.44. The first-order valence-corrected chi connectivity index (χ1v) is 9.54. The lowest BCUT2D eigenvalue weighted by Crippen LogP contribution is -2.37. The third-order valence-corrected chi connectivity index (χ3v) is 7.92. The minimum Gasteiger partial charge on any atom is -0.481 e. The van der Waals surface area contributed by atoms with Crippen LogP contribution in [0.5, 0.6) is 0 Å². The van der Waals surface area contributed by atoms with Crippen LogP contribution in [-0.2, 0) is 14.8 Å². The summed E-state index contributed by atoms with van der Waals surface area (Å²) in [7, 11) is -3.64. The number of carboxylic acids is 1. The topological polar surface area (TPSA) is 74.7 Å². The molecule has 1 aromatic carbocycles. The second-order valence-electron chi connectivity index (χ2n) is 5.91. The maximum absolute atomic E-state index is 13.1. The number of hydrogen-bond donors (Lipinski definition) is 1. The lowest BCUT2D eigenvalue weighted by atomic mass is 9.89. The van der Waals surface area contributed by atoms with Crippen molar-refractivity contribution in [2.75, 3.05) is 0 Å². The molecule has 2 aliphatic rings. The molecule has 0 amide bonds. The summed E-state index contributed by atoms with van der Waals surface area (Å²) in [6.45, 7) is 0. The molecule has 2 fully saturated rings. The van der Waals surface area contributed by atoms with Crippen molar-refractivity contribution in [1.82, 2.24) is 4.31 Å². The zero-order chi connectivity index (χ0) is 15.5. The quantitative estimate of drug-likeness (QED) is 0.934. The van der Waals surface area contributed by atoms with Gasteiger partial charge >= 0.3 is 5.97 Å². The van der Waals surface area contributed by atoms with Gasteiger partial charge in [-0.2, -0.15) is 4.31 Å². The fraction of sp³-hybridized carbons (Fsp3) is 0.400. The summed E-state index contributed by atoms with van der Waals surface area (Å²) in [6.07, 6.45) is 1.83. The van der Waals surface area contributed by atoms with Crippen LogP contribution in [-0.4, -0.2) is 35.9 Å². The van der Waals surface area contributed by atoms with Crippen LogP contribution in [0.4, 0.5) is 0 Å². The van der Waals surface area contributed by atoms with Crippen molar-refractivity contribution >= 4 is 37.4 Å². The highest BCUT2D eigenvalue weighted by Crippen LogP contribution is 2.46. The molecule has 1 N–H and O–H groups in total. The van der Waals surface area contributed by atoms with E-state index in [-0.39, 0.29) is 6.04 Å². The summed E-state index contributed by atoms with van der Waals surface area (Å²) in [5, 5.41) is 11.7. The first kappa shape index (κ1) is 14.2. The minimum absolute atomic E-state index is 0.172. The molecule has 4 rings (SSSR count). The van der Waals surface area contributed by atoms with E-state index < -0.39 is 28.0 Å². The Bertz CT molecular complexity index is 857. The van der Waals surface area contributed by atoms with Gasteiger partial charge in [0.15, 0.2) is 0 Å². The van der Waals surface area contributed by atoms with Crippen molar-refractivity contribution in [3.8, 4) is 0 Å². The number of thiophene rings is 1. The van der Waals surface area contributed by atoms with Gasteiger partial charge in [0.25, 0.3) is 0 Å². The van der Waals surface area contributed by atoms with E-state index in [0.717, 1.165) is 16.5 Å². The number of sulfonamides is 1. The van der Waals surface area contributed by atoms with E-state index in [1.165, 1.54) is 15.6 Å². The zero-order valence-corrected chi connectivity index (χ0v) is 13.3. The molecular formula is C15H15NO4S2. The van der Waals surface area contributed by atoms with Crippen molar-refractivity contribution in [1.29, 1.82) is 0 Å². The highest BCUT2D eigenvalue weighted by Gasteiger charge is 2.54. The van der Waals surface area contributed by atoms with Gasteiger partial charge in [-0.15, -0.1) is 11.3 Å². The van der Waals surface area contributed by atoms with Gasteiger partial charge in [0.1, 0.15) is 4.90 Å². The number of carboxylic acid groups (broad SMARTS) is 1. The molecule has 3 heterocycles. The highest BCUT2D eigenvalue weighted by atomic mass is 32.2. The third kappa shape index (κ3) is 1.85. The maximum atomic E-state index is 13.1. The monoisotopic (exact) mass is 337 g/mol. The van der Waals surface area contributed by atoms with E-state index in [2.05, 4.69) is 0 Å². The Kier molecular flexibility index (Phi) is 3.08. The second-order valence-corrected chi connectivity index (χ2v) is 8.63. The van der Waals surface area contributed by atoms with Crippen molar-refractivity contribution in [3.63, 3.8) is 0 Å². The summed E-state index contributed by atoms with van der Waals surface area (Å²) in [6, 6.07) is 6.85. The number of benzene rings is 1. The van der Waals surface area contributed by atoms with E-state index in [1.807, 2.05) is 24.3 Å². The smallest absolute Gasteiger partial charge is 0.308 e. The van der Waals surface area contributed by atoms with E-state index in [4.69, 9.17) is 0 Å². The van der Waals surface area contributed by atoms with Gasteiger partial charge in [-0.3, -0.25) is 4.79 Å². The average molecular weight is 337 g/mol. The van der Waals surface area contributed by atoms with Gasteiger partial charge in [-0.25, -0.2) is 8.42 Å². The van der Waals surface area contributed by atoms with Crippen LogP contribution >= 0.6 is 11.3 Å². The average Bonchev–Trinajstić information content (AvgIpc) is 3.19. The lowest BCUT2D eigenvalue weighted by Gasteiger charge is -2.22. The minimum atomic E-state index is -3.64. The maximum Gasteiger partial charge on any atom is 0.308 e. The van der Waals surface area contributed by atoms with E-state index in [1.54, 1.807) is 5.38 Å². The van der Waals surface area contributed by atoms with Crippen molar-refractivity contribution < 1.29 is 18.3 Å². The largest absolute Gasteiger partial charge is 0.481 e. The van der Waals surface area contributed by atoms with Crippen LogP contribution < -0.4 is 0 Å². The Morgan fingerprint density at radius 1 is 1.27 bits per heavy atom. The van der Waals surface area contributed by atoms with E-state index in [9.17, 15) is 18.3 Å². The fourth-order valence-corrected chi connectivity index (χ4v) is 7.24. The standard InChI is InChI=1S/C15H15NO4S2/c17-15(18)11-7-9-5-6-12(11)16(9)22(19,20)14-8-21-13-4-2-1-3-10(13)14/h1-4,8-9,11-12H,5-7H2,(H,17,18). The Morgan fingerprint density at radius 2 is 2.05 bits per heavy atom. The molecule has 0 spiro atoms. The first-order chi connectivity index (χ1) is 10.5. The number of hydrogen-bond acceptors (Lipinski definition) is 4. The third-order valence-electron chi connectivity index (χ3n) is 4.79. The molecule has 0 radical (unpaired) electrons. The summed E-state index contributed by atoms with van der Waals surface area (Å²) >= 11 is 1.41. The second kappa shape index (κ2) is 4.78. The molecule has 3 atom stereocenters. The molecule has 7 heteroatoms. The molecule has 3 unspecified atom stereocenters. The molecule has 1 aromatic heterocycles. The van der Waals surface area contributed by atoms with Crippen LogP contribution in [0, 0.1) is 5.92 Å². The number of carbonyl (C=O) groups is 1. The van der Waals surface area contributed by atoms with Crippen molar-refractivity contribution in [2.45, 2.75) is 36.2 Å². The summed E-state index contributed by atoms with van der Waals surface area (Å²) in [5.74, 6) is -1.46.